The van der Waals surface area contributed by atoms with Gasteiger partial charge in [-0.1, -0.05) is 18.2 Å². The number of hydrogen-bond donors (Lipinski definition) is 6. The first-order chi connectivity index (χ1) is 26.0. The molecule has 1 amide bonds. The Morgan fingerprint density at radius 1 is 0.927 bits per heavy atom. The number of fused-ring (bicyclic) bond motifs is 1. The van der Waals surface area contributed by atoms with Crippen LogP contribution < -0.4 is 26.1 Å². The molecular weight excluding hydrogens is 725 g/mol. The summed E-state index contributed by atoms with van der Waals surface area (Å²) < 4.78 is 34.6. The molecule has 5 aromatic rings. The summed E-state index contributed by atoms with van der Waals surface area (Å²) in [6.07, 6.45) is -3.65. The second kappa shape index (κ2) is 17.9. The molecule has 2 heterocycles. The number of aliphatic carboxylic acids is 2. The van der Waals surface area contributed by atoms with E-state index in [2.05, 4.69) is 10.3 Å². The van der Waals surface area contributed by atoms with Gasteiger partial charge in [-0.15, -0.1) is 0 Å². The summed E-state index contributed by atoms with van der Waals surface area (Å²) in [5.74, 6) is -4.65. The first kappa shape index (κ1) is 41.1. The highest BCUT2D eigenvalue weighted by Gasteiger charge is 2.29. The van der Waals surface area contributed by atoms with E-state index in [0.717, 1.165) is 6.07 Å². The number of hydrogen-bond acceptors (Lipinski definition) is 12. The van der Waals surface area contributed by atoms with Crippen molar-refractivity contribution in [2.75, 3.05) is 12.4 Å². The molecule has 7 N–H and O–H groups in total. The number of pyridine rings is 1. The van der Waals surface area contributed by atoms with Crippen LogP contribution in [0, 0.1) is 12.7 Å². The minimum atomic E-state index is -2.27. The van der Waals surface area contributed by atoms with Crippen molar-refractivity contribution in [3.63, 3.8) is 0 Å². The van der Waals surface area contributed by atoms with Crippen LogP contribution in [-0.2, 0) is 25.7 Å². The van der Waals surface area contributed by atoms with Gasteiger partial charge in [0.2, 0.25) is 0 Å². The van der Waals surface area contributed by atoms with Gasteiger partial charge in [0.1, 0.15) is 29.2 Å². The number of amides is 1. The Balaban J connectivity index is 0.000000592. The number of aliphatic hydroxyl groups excluding tert-OH is 2. The van der Waals surface area contributed by atoms with Gasteiger partial charge < -0.3 is 45.7 Å². The Morgan fingerprint density at radius 2 is 1.58 bits per heavy atom. The number of ether oxygens (including phenoxy) is 3. The van der Waals surface area contributed by atoms with E-state index in [1.165, 1.54) is 23.7 Å². The number of nitrogens with one attached hydrogen (secondary N) is 1. The topological polar surface area (TPSA) is 255 Å². The van der Waals surface area contributed by atoms with Crippen molar-refractivity contribution in [3.8, 4) is 22.9 Å². The largest absolute Gasteiger partial charge is 0.497 e. The molecule has 290 valence electrons. The zero-order valence-electron chi connectivity index (χ0n) is 29.9. The average molecular weight is 764 g/mol. The fourth-order valence-electron chi connectivity index (χ4n) is 5.10. The number of halogens is 1. The maximum Gasteiger partial charge on any atom is 0.335 e. The summed E-state index contributed by atoms with van der Waals surface area (Å²) in [7, 11) is 1.55. The second-order valence-electron chi connectivity index (χ2n) is 12.0. The molecule has 4 atom stereocenters. The molecule has 2 unspecified atom stereocenters. The molecule has 0 aliphatic carbocycles. The zero-order chi connectivity index (χ0) is 40.6. The van der Waals surface area contributed by atoms with E-state index in [-0.39, 0.29) is 23.5 Å². The number of rotatable bonds is 13. The quantitative estimate of drug-likeness (QED) is 0.0944. The first-order valence-corrected chi connectivity index (χ1v) is 16.4. The molecule has 0 aliphatic rings. The first-order valence-electron chi connectivity index (χ1n) is 16.4. The lowest BCUT2D eigenvalue weighted by atomic mass is 10.2. The van der Waals surface area contributed by atoms with Crippen LogP contribution >= 0.6 is 0 Å². The molecule has 3 aromatic carbocycles. The molecule has 55 heavy (non-hydrogen) atoms. The Morgan fingerprint density at radius 3 is 2.16 bits per heavy atom. The van der Waals surface area contributed by atoms with Crippen molar-refractivity contribution in [2.45, 2.75) is 51.7 Å². The van der Waals surface area contributed by atoms with Gasteiger partial charge in [-0.2, -0.15) is 0 Å². The van der Waals surface area contributed by atoms with Crippen molar-refractivity contribution in [2.24, 2.45) is 5.73 Å². The summed E-state index contributed by atoms with van der Waals surface area (Å²) >= 11 is 0. The fraction of sp³-hybridized carbons (Fsp3) is 0.243. The standard InChI is InChI=1S/C33H32FN5O6.C4H6O6/c1-19(44-33(42)20(2)35)18-38-21(3)30(32(41)39(38)23-8-6-5-7-9-23)31(40)37-22-10-13-29(26(34)16-22)45-28-14-15-36-27-17-24(43-4)11-12-25(27)28;5-1(3(7)8)2(6)4(9)10/h5-17,19-20H,18,35H2,1-4H3,(H,37,40);1-2,5-6H,(H,7,8)(H,9,10)/t19-,20+;/m1./s1. The number of para-hydroxylation sites is 1. The summed E-state index contributed by atoms with van der Waals surface area (Å²) in [6.45, 7) is 4.86. The number of carbonyl (C=O) groups is 4. The molecule has 0 aliphatic heterocycles. The summed E-state index contributed by atoms with van der Waals surface area (Å²) in [4.78, 5) is 63.1. The Bertz CT molecular complexity index is 2240. The number of carboxylic acids is 2. The van der Waals surface area contributed by atoms with Gasteiger partial charge in [0.05, 0.1) is 30.6 Å². The maximum absolute atomic E-state index is 15.2. The third-order valence-corrected chi connectivity index (χ3v) is 7.87. The molecule has 0 spiro atoms. The van der Waals surface area contributed by atoms with Crippen LogP contribution in [0.3, 0.4) is 0 Å². The number of aromatic nitrogens is 3. The van der Waals surface area contributed by atoms with Crippen LogP contribution in [0.1, 0.15) is 29.9 Å². The number of methoxy groups -OCH3 is 1. The Labute approximate surface area is 311 Å². The van der Waals surface area contributed by atoms with E-state index in [0.29, 0.717) is 33.8 Å². The lowest BCUT2D eigenvalue weighted by molar-refractivity contribution is -0.165. The SMILES string of the molecule is COc1ccc2c(Oc3ccc(NC(=O)c4c(C)n(C[C@@H](C)OC(=O)[C@H](C)N)n(-c5ccccc5)c4=O)cc3F)ccnc2c1.O=C(O)C(O)C(O)C(=O)O. The second-order valence-corrected chi connectivity index (χ2v) is 12.0. The lowest BCUT2D eigenvalue weighted by Gasteiger charge is -2.19. The van der Waals surface area contributed by atoms with Crippen molar-refractivity contribution in [3.05, 3.63) is 106 Å². The van der Waals surface area contributed by atoms with Crippen molar-refractivity contribution in [1.82, 2.24) is 14.3 Å². The van der Waals surface area contributed by atoms with Gasteiger partial charge in [0.15, 0.2) is 23.8 Å². The molecule has 0 saturated carbocycles. The minimum Gasteiger partial charge on any atom is -0.497 e. The third-order valence-electron chi connectivity index (χ3n) is 7.87. The predicted molar refractivity (Wildman–Crippen MR) is 194 cm³/mol. The van der Waals surface area contributed by atoms with E-state index in [4.69, 9.17) is 40.4 Å². The molecule has 0 fully saturated rings. The maximum atomic E-state index is 15.2. The highest BCUT2D eigenvalue weighted by molar-refractivity contribution is 6.05. The molecule has 5 rings (SSSR count). The van der Waals surface area contributed by atoms with Crippen LogP contribution in [0.4, 0.5) is 10.1 Å². The summed E-state index contributed by atoms with van der Waals surface area (Å²) in [5.41, 5.74) is 6.45. The predicted octanol–water partition coefficient (Wildman–Crippen LogP) is 2.84. The number of carboxylic acid groups (broad SMARTS) is 2. The molecule has 18 heteroatoms. The number of anilines is 1. The van der Waals surface area contributed by atoms with Gasteiger partial charge >= 0.3 is 17.9 Å². The highest BCUT2D eigenvalue weighted by atomic mass is 19.1. The average Bonchev–Trinajstić information content (AvgIpc) is 3.39. The van der Waals surface area contributed by atoms with Gasteiger partial charge in [-0.25, -0.2) is 18.7 Å². The molecule has 17 nitrogen and oxygen atoms in total. The Hall–Kier alpha value is -6.63. The van der Waals surface area contributed by atoms with E-state index >= 15 is 4.39 Å². The fourth-order valence-corrected chi connectivity index (χ4v) is 5.10. The van der Waals surface area contributed by atoms with Crippen molar-refractivity contribution < 1.29 is 58.2 Å². The van der Waals surface area contributed by atoms with Crippen LogP contribution in [-0.4, -0.2) is 90.1 Å². The normalized spacial score (nSPS) is 13.0. The van der Waals surface area contributed by atoms with Crippen LogP contribution in [0.15, 0.2) is 83.8 Å². The number of nitrogens with zero attached hydrogens (tertiary/aromatic N) is 3. The van der Waals surface area contributed by atoms with Crippen LogP contribution in [0.25, 0.3) is 16.6 Å². The van der Waals surface area contributed by atoms with Gasteiger partial charge in [0, 0.05) is 29.4 Å². The molecular formula is C37H38FN5O12. The van der Waals surface area contributed by atoms with E-state index in [9.17, 15) is 24.0 Å². The third kappa shape index (κ3) is 9.87. The molecule has 0 radical (unpaired) electrons. The summed E-state index contributed by atoms with van der Waals surface area (Å²) in [6, 6.07) is 18.8. The zero-order valence-corrected chi connectivity index (χ0v) is 29.9. The molecule has 2 aromatic heterocycles. The summed E-state index contributed by atoms with van der Waals surface area (Å²) in [5, 5.41) is 35.8. The van der Waals surface area contributed by atoms with Gasteiger partial charge in [-0.3, -0.25) is 24.0 Å². The van der Waals surface area contributed by atoms with E-state index in [1.54, 1.807) is 86.4 Å². The van der Waals surface area contributed by atoms with E-state index in [1.807, 2.05) is 0 Å². The van der Waals surface area contributed by atoms with Crippen molar-refractivity contribution >= 4 is 40.4 Å². The minimum absolute atomic E-state index is 0.0683. The number of nitrogens with two attached hydrogens (primary N) is 1. The van der Waals surface area contributed by atoms with E-state index < -0.39 is 59.5 Å². The Kier molecular flexibility index (Phi) is 13.4. The number of esters is 1. The monoisotopic (exact) mass is 763 g/mol. The van der Waals surface area contributed by atoms with Gasteiger partial charge in [-0.05, 0) is 63.2 Å². The number of carbonyl (C=O) groups excluding carboxylic acids is 2. The highest BCUT2D eigenvalue weighted by Crippen LogP contribution is 2.33. The smallest absolute Gasteiger partial charge is 0.335 e. The number of aliphatic hydroxyl groups is 2. The number of benzene rings is 3. The van der Waals surface area contributed by atoms with Crippen LogP contribution in [0.2, 0.25) is 0 Å². The molecule has 0 saturated heterocycles. The van der Waals surface area contributed by atoms with Crippen LogP contribution in [0.5, 0.6) is 17.2 Å². The molecule has 0 bridgehead atoms. The lowest BCUT2D eigenvalue weighted by Crippen LogP contribution is -2.39. The van der Waals surface area contributed by atoms with Crippen molar-refractivity contribution in [1.29, 1.82) is 0 Å². The van der Waals surface area contributed by atoms with Gasteiger partial charge in [0.25, 0.3) is 11.5 Å².